The van der Waals surface area contributed by atoms with Gasteiger partial charge < -0.3 is 11.2 Å². The summed E-state index contributed by atoms with van der Waals surface area (Å²) in [7, 11) is -4.26. The molecule has 0 aromatic heterocycles. The molecule has 0 aliphatic carbocycles. The van der Waals surface area contributed by atoms with Crippen LogP contribution < -0.4 is 29.6 Å². The number of phosphoric acid groups is 1. The van der Waals surface area contributed by atoms with E-state index in [0.29, 0.717) is 0 Å². The van der Waals surface area contributed by atoms with Crippen molar-refractivity contribution >= 4 is 7.82 Å². The van der Waals surface area contributed by atoms with E-state index in [-0.39, 0.29) is 57.1 Å². The van der Waals surface area contributed by atoms with Crippen LogP contribution in [0.15, 0.2) is 0 Å². The molecule has 144 valence electrons. The minimum Gasteiger partial charge on any atom is -1.00 e. The molecule has 0 unspecified atom stereocenters. The molecule has 2 N–H and O–H groups in total. The second-order valence-corrected chi connectivity index (χ2v) is 7.87. The maximum Gasteiger partial charge on any atom is 1.00 e. The van der Waals surface area contributed by atoms with Gasteiger partial charge in [-0.15, -0.1) is 0 Å². The topological polar surface area (TPSA) is 66.8 Å². The van der Waals surface area contributed by atoms with Crippen molar-refractivity contribution in [2.75, 3.05) is 6.61 Å². The van der Waals surface area contributed by atoms with Crippen LogP contribution in [0, 0.1) is 0 Å². The molecule has 0 aliphatic rings. The van der Waals surface area contributed by atoms with Crippen molar-refractivity contribution in [3.05, 3.63) is 0 Å². The van der Waals surface area contributed by atoms with Crippen LogP contribution >= 0.6 is 7.82 Å². The van der Waals surface area contributed by atoms with Gasteiger partial charge in [0.25, 0.3) is 0 Å². The number of phosphoric ester groups is 1. The predicted molar refractivity (Wildman–Crippen MR) is 98.7 cm³/mol. The van der Waals surface area contributed by atoms with E-state index in [1.165, 1.54) is 83.5 Å². The number of unbranched alkanes of at least 4 members (excludes halogenated alkanes) is 15. The Hall–Kier alpha value is 1.73. The van der Waals surface area contributed by atoms with Crippen LogP contribution in [-0.4, -0.2) is 16.4 Å². The zero-order valence-corrected chi connectivity index (χ0v) is 22.7. The van der Waals surface area contributed by atoms with E-state index >= 15 is 0 Å². The fourth-order valence-electron chi connectivity index (χ4n) is 2.83. The third-order valence-electron chi connectivity index (χ3n) is 4.26. The molecule has 0 heterocycles. The van der Waals surface area contributed by atoms with Gasteiger partial charge in [-0.25, -0.2) is 4.57 Å². The first-order valence-electron chi connectivity index (χ1n) is 9.76. The number of hydrogen-bond acceptors (Lipinski definition) is 2. The van der Waals surface area contributed by atoms with Crippen LogP contribution in [0.3, 0.4) is 0 Å². The predicted octanol–water partition coefficient (Wildman–Crippen LogP) is 3.47. The maximum absolute atomic E-state index is 10.5. The van der Waals surface area contributed by atoms with Crippen molar-refractivity contribution in [3.8, 4) is 0 Å². The van der Waals surface area contributed by atoms with Gasteiger partial charge in [0.1, 0.15) is 0 Å². The van der Waals surface area contributed by atoms with Gasteiger partial charge in [-0.3, -0.25) is 4.52 Å². The van der Waals surface area contributed by atoms with Gasteiger partial charge in [0.2, 0.25) is 0 Å². The minimum absolute atomic E-state index is 0. The summed E-state index contributed by atoms with van der Waals surface area (Å²) in [5.74, 6) is 0. The van der Waals surface area contributed by atoms with Gasteiger partial charge in [-0.2, -0.15) is 0 Å². The van der Waals surface area contributed by atoms with Crippen LogP contribution in [0.4, 0.5) is 0 Å². The van der Waals surface area contributed by atoms with Crippen molar-refractivity contribution in [2.45, 2.75) is 110 Å². The Morgan fingerprint density at radius 3 is 1.24 bits per heavy atom. The van der Waals surface area contributed by atoms with Crippen LogP contribution in [0.5, 0.6) is 0 Å². The first kappa shape index (κ1) is 31.4. The molecule has 0 fully saturated rings. The second-order valence-electron chi connectivity index (χ2n) is 6.63. The smallest absolute Gasteiger partial charge is 1.00 e. The average molecular weight is 440 g/mol. The Morgan fingerprint density at radius 1 is 0.680 bits per heavy atom. The molecule has 0 aliphatic heterocycles. The quantitative estimate of drug-likeness (QED) is 0.195. The van der Waals surface area contributed by atoms with Crippen LogP contribution in [-0.2, 0) is 28.6 Å². The third kappa shape index (κ3) is 30.7. The van der Waals surface area contributed by atoms with Crippen molar-refractivity contribution in [2.24, 2.45) is 0 Å². The molecular weight excluding hydrogens is 400 g/mol. The summed E-state index contributed by atoms with van der Waals surface area (Å²) in [6.45, 7) is 2.43. The van der Waals surface area contributed by atoms with E-state index in [0.717, 1.165) is 19.3 Å². The molecule has 0 aromatic rings. The van der Waals surface area contributed by atoms with E-state index in [1.807, 2.05) is 0 Å². The minimum atomic E-state index is -4.26. The van der Waals surface area contributed by atoms with E-state index < -0.39 is 7.82 Å². The van der Waals surface area contributed by atoms with Crippen molar-refractivity contribution < 1.29 is 69.3 Å². The summed E-state index contributed by atoms with van der Waals surface area (Å²) < 4.78 is 14.9. The van der Waals surface area contributed by atoms with Gasteiger partial charge in [-0.1, -0.05) is 103 Å². The molecule has 7 heteroatoms. The molecule has 0 spiro atoms. The first-order valence-corrected chi connectivity index (χ1v) is 11.3. The Kier molecular flexibility index (Phi) is 29.9. The maximum atomic E-state index is 10.5. The monoisotopic (exact) mass is 438 g/mol. The summed E-state index contributed by atoms with van der Waals surface area (Å²) in [6, 6.07) is 0. The summed E-state index contributed by atoms with van der Waals surface area (Å²) in [5, 5.41) is 0. The molecule has 0 saturated carbocycles. The molecule has 0 saturated heterocycles. The molecular formula is C18H40NaO4PZn. The molecule has 4 nitrogen and oxygen atoms in total. The Balaban J connectivity index is -0.000000807. The summed E-state index contributed by atoms with van der Waals surface area (Å²) in [5.41, 5.74) is 0. The normalized spacial score (nSPS) is 11.0. The first-order chi connectivity index (χ1) is 11.1. The SMILES string of the molecule is CCCCCCCCCCCCCCCCCCOP(=O)(O)O.[H-].[Na+].[Zn]. The molecule has 0 aromatic carbocycles. The van der Waals surface area contributed by atoms with Gasteiger partial charge in [0, 0.05) is 19.5 Å². The average Bonchev–Trinajstić information content (AvgIpc) is 2.49. The molecule has 0 rings (SSSR count). The second kappa shape index (κ2) is 23.8. The number of hydrogen-bond donors (Lipinski definition) is 2. The van der Waals surface area contributed by atoms with Gasteiger partial charge >= 0.3 is 37.4 Å². The Morgan fingerprint density at radius 2 is 0.960 bits per heavy atom. The third-order valence-corrected chi connectivity index (χ3v) is 4.78. The van der Waals surface area contributed by atoms with Crippen molar-refractivity contribution in [3.63, 3.8) is 0 Å². The van der Waals surface area contributed by atoms with E-state index in [4.69, 9.17) is 9.79 Å². The Labute approximate surface area is 192 Å². The summed E-state index contributed by atoms with van der Waals surface area (Å²) in [6.07, 6.45) is 20.7. The molecule has 0 atom stereocenters. The van der Waals surface area contributed by atoms with Gasteiger partial charge in [-0.05, 0) is 6.42 Å². The standard InChI is InChI=1S/C18H39O4P.Na.Zn.H/c1-2-3-4-5-6-7-8-9-10-11-12-13-14-15-16-17-18-22-23(19,20)21;;;/h2-18H2,1H3,(H2,19,20,21);;;/q;+1;;-1. The fraction of sp³-hybridized carbons (Fsp3) is 1.00. The summed E-state index contributed by atoms with van der Waals surface area (Å²) >= 11 is 0. The van der Waals surface area contributed by atoms with E-state index in [2.05, 4.69) is 11.4 Å². The zero-order valence-electron chi connectivity index (χ0n) is 17.9. The van der Waals surface area contributed by atoms with Crippen molar-refractivity contribution in [1.29, 1.82) is 0 Å². The van der Waals surface area contributed by atoms with Crippen LogP contribution in [0.25, 0.3) is 0 Å². The molecule has 25 heavy (non-hydrogen) atoms. The van der Waals surface area contributed by atoms with Gasteiger partial charge in [0.05, 0.1) is 6.61 Å². The van der Waals surface area contributed by atoms with E-state index in [9.17, 15) is 4.57 Å². The van der Waals surface area contributed by atoms with E-state index in [1.54, 1.807) is 0 Å². The molecule has 0 bridgehead atoms. The molecule has 0 amide bonds. The summed E-state index contributed by atoms with van der Waals surface area (Å²) in [4.78, 5) is 17.1. The zero-order chi connectivity index (χ0) is 17.2. The van der Waals surface area contributed by atoms with Crippen LogP contribution in [0.2, 0.25) is 0 Å². The van der Waals surface area contributed by atoms with Gasteiger partial charge in [0.15, 0.2) is 0 Å². The molecule has 0 radical (unpaired) electrons. The van der Waals surface area contributed by atoms with Crippen LogP contribution in [0.1, 0.15) is 111 Å². The number of rotatable bonds is 18. The van der Waals surface area contributed by atoms with Crippen molar-refractivity contribution in [1.82, 2.24) is 0 Å². The Bertz CT molecular complexity index is 296. The fourth-order valence-corrected chi connectivity index (χ4v) is 3.20. The largest absolute Gasteiger partial charge is 1.00 e.